The fourth-order valence-corrected chi connectivity index (χ4v) is 18.4. The zero-order valence-electron chi connectivity index (χ0n) is 68.0. The van der Waals surface area contributed by atoms with Crippen molar-refractivity contribution in [3.8, 4) is 57.5 Å². The van der Waals surface area contributed by atoms with Gasteiger partial charge in [-0.25, -0.2) is 0 Å². The van der Waals surface area contributed by atoms with Crippen LogP contribution in [0.4, 0.5) is 0 Å². The Hall–Kier alpha value is -8.02. The molecule has 18 heteroatoms. The van der Waals surface area contributed by atoms with Crippen LogP contribution in [0.15, 0.2) is 54.6 Å². The van der Waals surface area contributed by atoms with Gasteiger partial charge in [0.2, 0.25) is 0 Å². The summed E-state index contributed by atoms with van der Waals surface area (Å²) in [6.45, 7) is 13.1. The fraction of sp³-hybridized carbons (Fsp3) is 0.522. The molecule has 110 heavy (non-hydrogen) atoms. The van der Waals surface area contributed by atoms with E-state index in [2.05, 4.69) is 48.1 Å². The zero-order valence-corrected chi connectivity index (χ0v) is 69.5. The molecule has 4 N–H and O–H groups in total. The Morgan fingerprint density at radius 1 is 0.309 bits per heavy atom. The minimum absolute atomic E-state index is 0. The van der Waals surface area contributed by atoms with Crippen molar-refractivity contribution in [2.45, 2.75) is 220 Å². The number of rotatable bonds is 40. The molecule has 0 aromatic heterocycles. The molecule has 16 nitrogen and oxygen atoms in total. The van der Waals surface area contributed by atoms with E-state index in [0.717, 1.165) is 116 Å². The predicted octanol–water partition coefficient (Wildman–Crippen LogP) is 14.0. The van der Waals surface area contributed by atoms with Gasteiger partial charge in [-0.05, 0) is 137 Å². The van der Waals surface area contributed by atoms with E-state index in [-0.39, 0.29) is 91.7 Å². The van der Waals surface area contributed by atoms with Crippen LogP contribution in [0.25, 0.3) is 98.3 Å². The summed E-state index contributed by atoms with van der Waals surface area (Å²) >= 11 is 0. The summed E-state index contributed by atoms with van der Waals surface area (Å²) in [7, 11) is 18.3. The van der Waals surface area contributed by atoms with Crippen LogP contribution in [0.3, 0.4) is 0 Å². The van der Waals surface area contributed by atoms with E-state index in [1.54, 1.807) is 0 Å². The van der Waals surface area contributed by atoms with Gasteiger partial charge in [0.25, 0.3) is 0 Å². The molecule has 0 spiro atoms. The molecule has 2 aliphatic carbocycles. The van der Waals surface area contributed by atoms with E-state index in [1.165, 1.54) is 208 Å². The van der Waals surface area contributed by atoms with E-state index in [4.69, 9.17) is 28.4 Å². The number of halogens is 2. The Balaban J connectivity index is 0.000000249. The van der Waals surface area contributed by atoms with Gasteiger partial charge in [-0.15, -0.1) is 0 Å². The van der Waals surface area contributed by atoms with E-state index < -0.39 is 10.9 Å². The number of nitrogens with zero attached hydrogens (tertiary/aromatic N) is 2. The lowest BCUT2D eigenvalue weighted by Crippen LogP contribution is -3.00. The molecule has 0 saturated carbocycles. The van der Waals surface area contributed by atoms with Crippen LogP contribution in [0.5, 0.6) is 57.5 Å². The van der Waals surface area contributed by atoms with Crippen molar-refractivity contribution in [1.82, 2.24) is 0 Å². The Morgan fingerprint density at radius 2 is 0.591 bits per heavy atom. The van der Waals surface area contributed by atoms with Gasteiger partial charge in [0, 0.05) is 89.4 Å². The molecule has 0 amide bonds. The number of methoxy groups -OCH3 is 6. The lowest BCUT2D eigenvalue weighted by molar-refractivity contribution is -0.890. The lowest BCUT2D eigenvalue weighted by atomic mass is 9.81. The topological polar surface area (TPSA) is 205 Å². The number of hydrogen-bond donors (Lipinski definition) is 4. The molecule has 0 atom stereocenters. The molecular formula is C92H120Cl2N2O14. The van der Waals surface area contributed by atoms with Crippen molar-refractivity contribution in [2.75, 3.05) is 97.0 Å². The number of hydrogen-bond acceptors (Lipinski definition) is 14. The third-order valence-corrected chi connectivity index (χ3v) is 23.9. The van der Waals surface area contributed by atoms with E-state index in [9.17, 15) is 39.6 Å². The summed E-state index contributed by atoms with van der Waals surface area (Å²) in [4.78, 5) is 55.4. The zero-order chi connectivity index (χ0) is 77.5. The van der Waals surface area contributed by atoms with Crippen LogP contribution < -0.4 is 75.0 Å². The van der Waals surface area contributed by atoms with Crippen LogP contribution in [0, 0.1) is 0 Å². The van der Waals surface area contributed by atoms with Gasteiger partial charge in [-0.3, -0.25) is 19.2 Å². The van der Waals surface area contributed by atoms with Crippen LogP contribution in [0.2, 0.25) is 0 Å². The predicted molar refractivity (Wildman–Crippen MR) is 446 cm³/mol. The molecule has 2 aliphatic rings. The lowest BCUT2D eigenvalue weighted by Gasteiger charge is -2.30. The largest absolute Gasteiger partial charge is 1.00 e. The molecule has 12 rings (SSSR count). The Kier molecular flexibility index (Phi) is 29.3. The van der Waals surface area contributed by atoms with Gasteiger partial charge in [0.05, 0.1) is 119 Å². The molecule has 596 valence electrons. The third kappa shape index (κ3) is 17.0. The highest BCUT2D eigenvalue weighted by atomic mass is 35.5. The molecule has 0 heterocycles. The van der Waals surface area contributed by atoms with Crippen molar-refractivity contribution in [2.24, 2.45) is 0 Å². The number of quaternary nitrogens is 2. The van der Waals surface area contributed by atoms with Crippen molar-refractivity contribution in [3.63, 3.8) is 0 Å². The maximum atomic E-state index is 14.0. The smallest absolute Gasteiger partial charge is 0.194 e. The molecule has 0 saturated heterocycles. The summed E-state index contributed by atoms with van der Waals surface area (Å²) in [6, 6.07) is 5.53. The normalized spacial score (nSPS) is 12.9. The minimum Gasteiger partial charge on any atom is -1.00 e. The van der Waals surface area contributed by atoms with Crippen molar-refractivity contribution >= 4 is 98.3 Å². The van der Waals surface area contributed by atoms with Gasteiger partial charge >= 0.3 is 0 Å². The number of unbranched alkanes of at least 4 members (excludes halogenated alkanes) is 22. The van der Waals surface area contributed by atoms with Crippen molar-refractivity contribution in [3.05, 3.63) is 110 Å². The molecule has 10 aromatic rings. The number of benzene rings is 10. The quantitative estimate of drug-likeness (QED) is 0.0122. The first-order chi connectivity index (χ1) is 52.0. The van der Waals surface area contributed by atoms with Gasteiger partial charge in [0.1, 0.15) is 34.5 Å². The number of phenols is 4. The number of phenolic OH excluding ortho intramolecular Hbond substituents is 4. The van der Waals surface area contributed by atoms with Crippen LogP contribution in [-0.2, 0) is 25.7 Å². The van der Waals surface area contributed by atoms with Crippen molar-refractivity contribution in [1.29, 1.82) is 0 Å². The molecule has 10 aromatic carbocycles. The highest BCUT2D eigenvalue weighted by Gasteiger charge is 2.36. The van der Waals surface area contributed by atoms with Gasteiger partial charge in [-0.1, -0.05) is 140 Å². The SMILES string of the molecule is CCCCCCCCCCCC[N+](C)(C)CCCCCc1c(O)c2c(=O)cc(OC)c3c4c(OC)cc(=O)c5c(O)c(OC)c6c(c(c1C=C(C)C6)c23)c54.CCCCCCCCCCCC[N+](C)(C)CCCCCc1c(O)c2c(=O)cc(OC)c3c4c(OC)cc(=O)c5c(O)c(OC)c6c(c(c1CC(C)=C6)c23)c54.[Cl-].[Cl-]. The highest BCUT2D eigenvalue weighted by Crippen LogP contribution is 2.58. The molecule has 0 fully saturated rings. The summed E-state index contributed by atoms with van der Waals surface area (Å²) in [5.41, 5.74) is 5.13. The maximum absolute atomic E-state index is 14.0. The highest BCUT2D eigenvalue weighted by molar-refractivity contribution is 6.40. The minimum atomic E-state index is -0.400. The molecular weight excluding hydrogens is 1430 g/mol. The first-order valence-corrected chi connectivity index (χ1v) is 40.4. The Labute approximate surface area is 661 Å². The maximum Gasteiger partial charge on any atom is 0.194 e. The second-order valence-corrected chi connectivity index (χ2v) is 32.6. The van der Waals surface area contributed by atoms with E-state index in [1.807, 2.05) is 19.9 Å². The average molecular weight is 1550 g/mol. The molecule has 0 aliphatic heterocycles. The average Bonchev–Trinajstić information content (AvgIpc) is 1.10. The standard InChI is InChI=1S/2C46H59NO7.2ClH/c2*1-8-9-10-11-12-13-14-15-16-19-22-47(3,4)23-20-17-18-21-29-30-24-28(2)25-31-37-36(30)42-38(44(29)50)32(48)26-34(52-5)40(42)41-35(53-6)27-33(49)39(43(37)41)45(51)46(31)54-7;;/h25-27H,8-24H2,1-7H3,(H-,48,49,50,51);24,26-27H,8-23,25H2,1-7H3,(H-,48,49,50,51);2*1H. The monoisotopic (exact) mass is 1550 g/mol. The van der Waals surface area contributed by atoms with Crippen LogP contribution in [-0.4, -0.2) is 126 Å². The molecule has 0 radical (unpaired) electrons. The van der Waals surface area contributed by atoms with Crippen molar-refractivity contribution < 1.29 is 82.6 Å². The Bertz CT molecular complexity index is 5240. The molecule has 0 unspecified atom stereocenters. The number of aromatic hydroxyl groups is 4. The first kappa shape index (κ1) is 86.0. The molecule has 0 bridgehead atoms. The first-order valence-electron chi connectivity index (χ1n) is 40.4. The number of fused-ring (bicyclic) bond motifs is 2. The summed E-state index contributed by atoms with van der Waals surface area (Å²) in [5, 5.41) is 55.6. The summed E-state index contributed by atoms with van der Waals surface area (Å²) < 4.78 is 37.0. The second kappa shape index (κ2) is 37.5. The van der Waals surface area contributed by atoms with E-state index >= 15 is 0 Å². The summed E-state index contributed by atoms with van der Waals surface area (Å²) in [5.74, 6) is 1.21. The fourth-order valence-electron chi connectivity index (χ4n) is 18.4. The number of ether oxygens (including phenoxy) is 6. The van der Waals surface area contributed by atoms with E-state index in [0.29, 0.717) is 103 Å². The number of allylic oxidation sites excluding steroid dienone is 2. The Morgan fingerprint density at radius 3 is 0.955 bits per heavy atom. The van der Waals surface area contributed by atoms with Gasteiger partial charge < -0.3 is 82.6 Å². The van der Waals surface area contributed by atoms with Crippen LogP contribution in [0.1, 0.15) is 228 Å². The summed E-state index contributed by atoms with van der Waals surface area (Å²) in [6.07, 6.45) is 39.0. The third-order valence-electron chi connectivity index (χ3n) is 23.9. The van der Waals surface area contributed by atoms with Gasteiger partial charge in [0.15, 0.2) is 44.7 Å². The second-order valence-electron chi connectivity index (χ2n) is 32.6. The van der Waals surface area contributed by atoms with Crippen LogP contribution >= 0.6 is 0 Å². The van der Waals surface area contributed by atoms with Gasteiger partial charge in [-0.2, -0.15) is 0 Å².